The number of ether oxygens (including phenoxy) is 1. The third-order valence-corrected chi connectivity index (χ3v) is 6.99. The van der Waals surface area contributed by atoms with Crippen molar-refractivity contribution >= 4 is 39.7 Å². The topological polar surface area (TPSA) is 88.6 Å². The lowest BCUT2D eigenvalue weighted by Crippen LogP contribution is -2.40. The van der Waals surface area contributed by atoms with E-state index in [2.05, 4.69) is 22.0 Å². The predicted molar refractivity (Wildman–Crippen MR) is 90.7 cm³/mol. The molecule has 1 aliphatic heterocycles. The largest absolute Gasteiger partial charge is 0.464 e. The minimum atomic E-state index is -3.68. The molecule has 2 rings (SSSR count). The molecule has 132 valence electrons. The van der Waals surface area contributed by atoms with E-state index in [1.807, 2.05) is 0 Å². The van der Waals surface area contributed by atoms with Gasteiger partial charge in [0.15, 0.2) is 9.90 Å². The molecule has 1 saturated heterocycles. The monoisotopic (exact) mass is 383 g/mol. The first-order valence-corrected chi connectivity index (χ1v) is 9.55. The van der Waals surface area contributed by atoms with Crippen molar-refractivity contribution in [1.82, 2.24) is 14.6 Å². The van der Waals surface area contributed by atoms with Gasteiger partial charge in [0.05, 0.1) is 12.6 Å². The van der Waals surface area contributed by atoms with E-state index in [1.165, 1.54) is 16.9 Å². The van der Waals surface area contributed by atoms with Crippen molar-refractivity contribution in [2.45, 2.75) is 24.0 Å². The molecule has 1 aromatic heterocycles. The minimum absolute atomic E-state index is 0. The van der Waals surface area contributed by atoms with Gasteiger partial charge in [0.2, 0.25) is 0 Å². The Morgan fingerprint density at radius 2 is 2.13 bits per heavy atom. The summed E-state index contributed by atoms with van der Waals surface area (Å²) in [7, 11) is -2.47. The van der Waals surface area contributed by atoms with Crippen LogP contribution in [0.3, 0.4) is 0 Å². The Kier molecular flexibility index (Phi) is 7.88. The average Bonchev–Trinajstić information content (AvgIpc) is 3.03. The highest BCUT2D eigenvalue weighted by molar-refractivity contribution is 7.91. The molecule has 0 atom stereocenters. The van der Waals surface area contributed by atoms with Gasteiger partial charge in [-0.05, 0) is 31.8 Å². The van der Waals surface area contributed by atoms with Crippen LogP contribution in [-0.2, 0) is 14.8 Å². The van der Waals surface area contributed by atoms with Crippen LogP contribution in [0.4, 0.5) is 0 Å². The van der Waals surface area contributed by atoms with Gasteiger partial charge < -0.3 is 10.1 Å². The Morgan fingerprint density at radius 1 is 1.48 bits per heavy atom. The number of rotatable bonds is 6. The van der Waals surface area contributed by atoms with Gasteiger partial charge in [-0.2, -0.15) is 4.31 Å². The van der Waals surface area contributed by atoms with E-state index in [0.29, 0.717) is 19.0 Å². The second kappa shape index (κ2) is 8.93. The molecule has 1 aromatic rings. The summed E-state index contributed by atoms with van der Waals surface area (Å²) < 4.78 is 31.4. The van der Waals surface area contributed by atoms with Gasteiger partial charge in [0.25, 0.3) is 10.0 Å². The maximum Gasteiger partial charge on any atom is 0.358 e. The Hall–Kier alpha value is -0.740. The van der Waals surface area contributed by atoms with Crippen LogP contribution >= 0.6 is 23.7 Å². The number of nitrogens with zero attached hydrogens (tertiary/aromatic N) is 2. The van der Waals surface area contributed by atoms with Gasteiger partial charge in [-0.3, -0.25) is 0 Å². The quantitative estimate of drug-likeness (QED) is 0.746. The van der Waals surface area contributed by atoms with Crippen molar-refractivity contribution < 1.29 is 17.9 Å². The maximum absolute atomic E-state index is 12.7. The second-order valence-electron chi connectivity index (χ2n) is 5.14. The number of halogens is 1. The molecule has 1 N–H and O–H groups in total. The van der Waals surface area contributed by atoms with E-state index >= 15 is 0 Å². The molecular weight excluding hydrogens is 362 g/mol. The smallest absolute Gasteiger partial charge is 0.358 e. The zero-order valence-corrected chi connectivity index (χ0v) is 15.6. The average molecular weight is 384 g/mol. The summed E-state index contributed by atoms with van der Waals surface area (Å²) in [5.41, 5.74) is 1.24. The lowest BCUT2D eigenvalue weighted by atomic mass is 9.98. The first-order valence-electron chi connectivity index (χ1n) is 7.23. The van der Waals surface area contributed by atoms with E-state index in [1.54, 1.807) is 0 Å². The number of hydrogen-bond donors (Lipinski definition) is 1. The number of hydrogen-bond acceptors (Lipinski definition) is 7. The number of methoxy groups -OCH3 is 1. The summed E-state index contributed by atoms with van der Waals surface area (Å²) in [5.74, 6) is -0.227. The van der Waals surface area contributed by atoms with Gasteiger partial charge in [-0.25, -0.2) is 18.2 Å². The molecule has 23 heavy (non-hydrogen) atoms. The molecule has 1 fully saturated rings. The number of sulfonamides is 1. The van der Waals surface area contributed by atoms with Crippen LogP contribution < -0.4 is 5.32 Å². The number of carbonyl (C=O) groups is 1. The van der Waals surface area contributed by atoms with Crippen LogP contribution in [0.1, 0.15) is 30.3 Å². The normalized spacial score (nSPS) is 16.8. The minimum Gasteiger partial charge on any atom is -0.464 e. The molecule has 2 heterocycles. The Labute approximate surface area is 146 Å². The second-order valence-corrected chi connectivity index (χ2v) is 8.12. The van der Waals surface area contributed by atoms with Crippen LogP contribution in [0.25, 0.3) is 0 Å². The molecule has 0 unspecified atom stereocenters. The molecule has 0 bridgehead atoms. The summed E-state index contributed by atoms with van der Waals surface area (Å²) in [5, 5.41) is 3.29. The van der Waals surface area contributed by atoms with E-state index in [0.717, 1.165) is 37.3 Å². The van der Waals surface area contributed by atoms with Gasteiger partial charge in [0.1, 0.15) is 0 Å². The van der Waals surface area contributed by atoms with Crippen molar-refractivity contribution in [3.63, 3.8) is 0 Å². The molecular formula is C13H22ClN3O4S2. The van der Waals surface area contributed by atoms with Crippen molar-refractivity contribution in [2.75, 3.05) is 33.3 Å². The number of carbonyl (C=O) groups excluding carboxylic acids is 1. The number of thiazole rings is 1. The number of piperidine rings is 1. The lowest BCUT2D eigenvalue weighted by Gasteiger charge is -2.30. The number of aromatic nitrogens is 1. The molecule has 10 heteroatoms. The van der Waals surface area contributed by atoms with Crippen LogP contribution in [0.2, 0.25) is 0 Å². The fourth-order valence-corrected chi connectivity index (χ4v) is 5.21. The van der Waals surface area contributed by atoms with Crippen LogP contribution in [0.15, 0.2) is 9.72 Å². The summed E-state index contributed by atoms with van der Waals surface area (Å²) >= 11 is 0.955. The number of nitrogens with one attached hydrogen (secondary N) is 1. The molecule has 0 radical (unpaired) electrons. The first-order chi connectivity index (χ1) is 10.5. The summed E-state index contributed by atoms with van der Waals surface area (Å²) in [6, 6.07) is 0. The molecule has 0 aromatic carbocycles. The fourth-order valence-electron chi connectivity index (χ4n) is 2.47. The van der Waals surface area contributed by atoms with E-state index in [4.69, 9.17) is 0 Å². The van der Waals surface area contributed by atoms with Crippen molar-refractivity contribution in [3.05, 3.63) is 11.2 Å². The van der Waals surface area contributed by atoms with Crippen molar-refractivity contribution in [1.29, 1.82) is 0 Å². The van der Waals surface area contributed by atoms with Crippen molar-refractivity contribution in [2.24, 2.45) is 5.92 Å². The molecule has 0 amide bonds. The summed E-state index contributed by atoms with van der Waals surface area (Å²) in [6.45, 7) is 4.83. The standard InChI is InChI=1S/C13H21N3O4S2.ClH/c1-3-14-8-10-4-6-16(7-5-10)22(18,19)13-11(12(17)20-2)15-9-21-13;/h9-10,14H,3-8H2,1-2H3;1H. The van der Waals surface area contributed by atoms with Gasteiger partial charge >= 0.3 is 5.97 Å². The van der Waals surface area contributed by atoms with Crippen molar-refractivity contribution in [3.8, 4) is 0 Å². The Balaban J connectivity index is 0.00000264. The zero-order valence-electron chi connectivity index (χ0n) is 13.1. The zero-order chi connectivity index (χ0) is 16.2. The third-order valence-electron chi connectivity index (χ3n) is 3.74. The maximum atomic E-state index is 12.7. The highest BCUT2D eigenvalue weighted by Crippen LogP contribution is 2.28. The molecule has 0 saturated carbocycles. The van der Waals surface area contributed by atoms with E-state index < -0.39 is 16.0 Å². The predicted octanol–water partition coefficient (Wildman–Crippen LogP) is 1.36. The molecule has 1 aliphatic rings. The number of esters is 1. The van der Waals surface area contributed by atoms with E-state index in [-0.39, 0.29) is 22.3 Å². The highest BCUT2D eigenvalue weighted by Gasteiger charge is 2.34. The van der Waals surface area contributed by atoms with Gasteiger partial charge in [0, 0.05) is 13.1 Å². The van der Waals surface area contributed by atoms with Gasteiger partial charge in [-0.15, -0.1) is 23.7 Å². The summed E-state index contributed by atoms with van der Waals surface area (Å²) in [6.07, 6.45) is 1.64. The molecule has 0 aliphatic carbocycles. The Morgan fingerprint density at radius 3 is 2.70 bits per heavy atom. The molecule has 7 nitrogen and oxygen atoms in total. The highest BCUT2D eigenvalue weighted by atomic mass is 35.5. The van der Waals surface area contributed by atoms with E-state index in [9.17, 15) is 13.2 Å². The van der Waals surface area contributed by atoms with Crippen LogP contribution in [0.5, 0.6) is 0 Å². The Bertz CT molecular complexity index is 612. The fraction of sp³-hybridized carbons (Fsp3) is 0.692. The first kappa shape index (κ1) is 20.3. The van der Waals surface area contributed by atoms with Gasteiger partial charge in [-0.1, -0.05) is 6.92 Å². The lowest BCUT2D eigenvalue weighted by molar-refractivity contribution is 0.0590. The van der Waals surface area contributed by atoms with Crippen LogP contribution in [-0.4, -0.2) is 57.0 Å². The summed E-state index contributed by atoms with van der Waals surface area (Å²) in [4.78, 5) is 15.5. The third kappa shape index (κ3) is 4.63. The molecule has 0 spiro atoms. The van der Waals surface area contributed by atoms with Crippen LogP contribution in [0, 0.1) is 5.92 Å². The SMILES string of the molecule is CCNCC1CCN(S(=O)(=O)c2scnc2C(=O)OC)CC1.Cl.